The van der Waals surface area contributed by atoms with Crippen LogP contribution in [0.25, 0.3) is 0 Å². The lowest BCUT2D eigenvalue weighted by Crippen LogP contribution is -2.35. The Labute approximate surface area is 109 Å². The van der Waals surface area contributed by atoms with Gasteiger partial charge in [-0.05, 0) is 38.1 Å². The van der Waals surface area contributed by atoms with Crippen LogP contribution in [-0.2, 0) is 11.3 Å². The highest BCUT2D eigenvalue weighted by atomic mass is 16.5. The summed E-state index contributed by atoms with van der Waals surface area (Å²) in [5, 5.41) is 9.92. The van der Waals surface area contributed by atoms with Crippen LogP contribution in [-0.4, -0.2) is 42.4 Å². The molecule has 4 nitrogen and oxygen atoms in total. The first kappa shape index (κ1) is 13.6. The molecule has 0 saturated carbocycles. The lowest BCUT2D eigenvalue weighted by Gasteiger charge is -2.22. The van der Waals surface area contributed by atoms with E-state index in [9.17, 15) is 5.11 Å². The van der Waals surface area contributed by atoms with Crippen LogP contribution < -0.4 is 0 Å². The number of ether oxygens (including phenoxy) is 1. The van der Waals surface area contributed by atoms with Gasteiger partial charge in [-0.3, -0.25) is 0 Å². The number of β-amino-alcohol motifs (C(OH)–C–C–N with tert-alkyl or cyclic N) is 1. The van der Waals surface area contributed by atoms with E-state index in [1.807, 2.05) is 12.1 Å². The first-order valence-electron chi connectivity index (χ1n) is 6.85. The number of aliphatic hydroxyl groups is 1. The molecule has 2 rings (SSSR count). The Morgan fingerprint density at radius 1 is 1.28 bits per heavy atom. The number of hydrogen-bond donors (Lipinski definition) is 1. The summed E-state index contributed by atoms with van der Waals surface area (Å²) in [6, 6.07) is 3.72. The van der Waals surface area contributed by atoms with Gasteiger partial charge in [0.15, 0.2) is 0 Å². The molecule has 1 aromatic heterocycles. The second-order valence-electron chi connectivity index (χ2n) is 4.96. The summed E-state index contributed by atoms with van der Waals surface area (Å²) in [6.07, 6.45) is 6.37. The summed E-state index contributed by atoms with van der Waals surface area (Å²) in [7, 11) is 0. The van der Waals surface area contributed by atoms with Gasteiger partial charge in [0.1, 0.15) is 12.4 Å². The standard InChI is InChI=1S/C14H23NO3/c16-13(10-15-7-3-1-2-4-8-15)11-17-12-14-6-5-9-18-14/h5-6,9,13,16H,1-4,7-8,10-12H2. The predicted octanol–water partition coefficient (Wildman–Crippen LogP) is 2.03. The normalized spacial score (nSPS) is 19.6. The van der Waals surface area contributed by atoms with Crippen LogP contribution in [0.1, 0.15) is 31.4 Å². The van der Waals surface area contributed by atoms with E-state index in [1.54, 1.807) is 6.26 Å². The van der Waals surface area contributed by atoms with E-state index in [2.05, 4.69) is 4.90 Å². The van der Waals surface area contributed by atoms with Crippen molar-refractivity contribution in [3.8, 4) is 0 Å². The van der Waals surface area contributed by atoms with Gasteiger partial charge in [0.25, 0.3) is 0 Å². The number of nitrogens with zero attached hydrogens (tertiary/aromatic N) is 1. The zero-order valence-corrected chi connectivity index (χ0v) is 10.9. The van der Waals surface area contributed by atoms with Crippen molar-refractivity contribution in [2.75, 3.05) is 26.2 Å². The summed E-state index contributed by atoms with van der Waals surface area (Å²) in [5.74, 6) is 0.803. The molecule has 102 valence electrons. The molecular weight excluding hydrogens is 230 g/mol. The second-order valence-corrected chi connectivity index (χ2v) is 4.96. The smallest absolute Gasteiger partial charge is 0.129 e. The first-order chi connectivity index (χ1) is 8.84. The topological polar surface area (TPSA) is 45.8 Å². The summed E-state index contributed by atoms with van der Waals surface area (Å²) in [4.78, 5) is 2.34. The van der Waals surface area contributed by atoms with Crippen LogP contribution in [0.2, 0.25) is 0 Å². The Morgan fingerprint density at radius 3 is 2.72 bits per heavy atom. The van der Waals surface area contributed by atoms with Crippen molar-refractivity contribution in [3.05, 3.63) is 24.2 Å². The van der Waals surface area contributed by atoms with E-state index < -0.39 is 6.10 Å². The summed E-state index contributed by atoms with van der Waals surface area (Å²) < 4.78 is 10.6. The van der Waals surface area contributed by atoms with Crippen molar-refractivity contribution in [3.63, 3.8) is 0 Å². The summed E-state index contributed by atoms with van der Waals surface area (Å²) >= 11 is 0. The molecule has 1 fully saturated rings. The minimum absolute atomic E-state index is 0.372. The van der Waals surface area contributed by atoms with E-state index in [-0.39, 0.29) is 0 Å². The number of aliphatic hydroxyl groups excluding tert-OH is 1. The van der Waals surface area contributed by atoms with Crippen LogP contribution in [0.5, 0.6) is 0 Å². The Morgan fingerprint density at radius 2 is 2.06 bits per heavy atom. The van der Waals surface area contributed by atoms with Gasteiger partial charge in [0.05, 0.1) is 19.0 Å². The van der Waals surface area contributed by atoms with Gasteiger partial charge in [0, 0.05) is 6.54 Å². The highest BCUT2D eigenvalue weighted by molar-refractivity contribution is 4.96. The maximum Gasteiger partial charge on any atom is 0.129 e. The van der Waals surface area contributed by atoms with Gasteiger partial charge in [0.2, 0.25) is 0 Å². The van der Waals surface area contributed by atoms with Crippen molar-refractivity contribution in [2.24, 2.45) is 0 Å². The molecular formula is C14H23NO3. The van der Waals surface area contributed by atoms with Crippen LogP contribution in [0, 0.1) is 0 Å². The van der Waals surface area contributed by atoms with Gasteiger partial charge in [-0.15, -0.1) is 0 Å². The van der Waals surface area contributed by atoms with Crippen LogP contribution in [0.4, 0.5) is 0 Å². The maximum absolute atomic E-state index is 9.92. The third kappa shape index (κ3) is 4.80. The maximum atomic E-state index is 9.92. The SMILES string of the molecule is OC(COCc1ccco1)CN1CCCCCC1. The first-order valence-corrected chi connectivity index (χ1v) is 6.85. The van der Waals surface area contributed by atoms with E-state index in [0.717, 1.165) is 25.4 Å². The van der Waals surface area contributed by atoms with Crippen LogP contribution in [0.15, 0.2) is 22.8 Å². The lowest BCUT2D eigenvalue weighted by atomic mass is 10.2. The minimum Gasteiger partial charge on any atom is -0.467 e. The number of rotatable bonds is 6. The fourth-order valence-corrected chi connectivity index (χ4v) is 2.36. The minimum atomic E-state index is -0.405. The molecule has 0 amide bonds. The van der Waals surface area contributed by atoms with Crippen LogP contribution >= 0.6 is 0 Å². The quantitative estimate of drug-likeness (QED) is 0.842. The number of furan rings is 1. The zero-order valence-electron chi connectivity index (χ0n) is 10.9. The average molecular weight is 253 g/mol. The van der Waals surface area contributed by atoms with E-state index in [0.29, 0.717) is 13.2 Å². The molecule has 0 bridgehead atoms. The van der Waals surface area contributed by atoms with Gasteiger partial charge in [-0.2, -0.15) is 0 Å². The monoisotopic (exact) mass is 253 g/mol. The molecule has 1 aliphatic heterocycles. The Balaban J connectivity index is 1.60. The molecule has 1 unspecified atom stereocenters. The largest absolute Gasteiger partial charge is 0.467 e. The Bertz CT molecular complexity index is 305. The van der Waals surface area contributed by atoms with E-state index >= 15 is 0 Å². The van der Waals surface area contributed by atoms with E-state index in [4.69, 9.17) is 9.15 Å². The fourth-order valence-electron chi connectivity index (χ4n) is 2.36. The van der Waals surface area contributed by atoms with Gasteiger partial charge in [-0.1, -0.05) is 12.8 Å². The molecule has 0 aromatic carbocycles. The molecule has 0 spiro atoms. The van der Waals surface area contributed by atoms with Gasteiger partial charge >= 0.3 is 0 Å². The predicted molar refractivity (Wildman–Crippen MR) is 69.3 cm³/mol. The molecule has 0 radical (unpaired) electrons. The average Bonchev–Trinajstić information content (AvgIpc) is 2.74. The van der Waals surface area contributed by atoms with E-state index in [1.165, 1.54) is 25.7 Å². The highest BCUT2D eigenvalue weighted by Crippen LogP contribution is 2.10. The highest BCUT2D eigenvalue weighted by Gasteiger charge is 2.13. The van der Waals surface area contributed by atoms with Crippen molar-refractivity contribution in [2.45, 2.75) is 38.4 Å². The van der Waals surface area contributed by atoms with Crippen molar-refractivity contribution >= 4 is 0 Å². The molecule has 0 aliphatic carbocycles. The third-order valence-electron chi connectivity index (χ3n) is 3.30. The Kier molecular flexibility index (Phi) is 5.71. The Hall–Kier alpha value is -0.840. The zero-order chi connectivity index (χ0) is 12.6. The molecule has 1 aliphatic rings. The fraction of sp³-hybridized carbons (Fsp3) is 0.714. The number of hydrogen-bond acceptors (Lipinski definition) is 4. The molecule has 4 heteroatoms. The molecule has 2 heterocycles. The molecule has 1 saturated heterocycles. The molecule has 18 heavy (non-hydrogen) atoms. The third-order valence-corrected chi connectivity index (χ3v) is 3.30. The van der Waals surface area contributed by atoms with Gasteiger partial charge in [-0.25, -0.2) is 0 Å². The van der Waals surface area contributed by atoms with Crippen LogP contribution in [0.3, 0.4) is 0 Å². The summed E-state index contributed by atoms with van der Waals surface area (Å²) in [5.41, 5.74) is 0. The molecule has 1 aromatic rings. The lowest BCUT2D eigenvalue weighted by molar-refractivity contribution is 0.00559. The second kappa shape index (κ2) is 7.56. The molecule has 1 atom stereocenters. The number of likely N-dealkylation sites (tertiary alicyclic amines) is 1. The summed E-state index contributed by atoms with van der Waals surface area (Å²) in [6.45, 7) is 3.74. The van der Waals surface area contributed by atoms with Crippen molar-refractivity contribution < 1.29 is 14.3 Å². The molecule has 1 N–H and O–H groups in total. The van der Waals surface area contributed by atoms with Crippen molar-refractivity contribution in [1.29, 1.82) is 0 Å². The van der Waals surface area contributed by atoms with Crippen molar-refractivity contribution in [1.82, 2.24) is 4.90 Å². The van der Waals surface area contributed by atoms with Gasteiger partial charge < -0.3 is 19.2 Å².